The first-order valence-corrected chi connectivity index (χ1v) is 16.2. The third kappa shape index (κ3) is 5.19. The molecule has 9 nitrogen and oxygen atoms in total. The molecule has 0 radical (unpaired) electrons. The average molecular weight is 671 g/mol. The number of aromatic nitrogens is 6. The molecule has 230 valence electrons. The van der Waals surface area contributed by atoms with Gasteiger partial charge in [-0.25, -0.2) is 14.4 Å². The smallest absolute Gasteiger partial charge is 0.277 e. The molecule has 3 N–H and O–H groups in total. The number of H-pyrrole nitrogens is 2. The fraction of sp³-hybridized carbons (Fsp3) is 0.0909. The van der Waals surface area contributed by atoms with Crippen LogP contribution in [0.5, 0.6) is 5.75 Å². The lowest BCUT2D eigenvalue weighted by atomic mass is 9.85. The molecular weight excluding hydrogens is 647 g/mol. The SMILES string of the molecule is Cc1[nH]n(-c2nc(-c3cccc(F)c3)cs2)c(=O)c1C(c1cccc(Cl)c1)c1c(C)[nH]n(-c2nc(-c3ccccc3O)cs2)c1=O. The lowest BCUT2D eigenvalue weighted by Crippen LogP contribution is -2.25. The third-order valence-corrected chi connectivity index (χ3v) is 9.55. The van der Waals surface area contributed by atoms with E-state index in [1.54, 1.807) is 79.2 Å². The molecule has 0 bridgehead atoms. The van der Waals surface area contributed by atoms with E-state index in [2.05, 4.69) is 20.2 Å². The van der Waals surface area contributed by atoms with E-state index in [9.17, 15) is 19.1 Å². The van der Waals surface area contributed by atoms with E-state index >= 15 is 0 Å². The van der Waals surface area contributed by atoms with Crippen LogP contribution in [0, 0.1) is 19.7 Å². The molecule has 3 aromatic carbocycles. The van der Waals surface area contributed by atoms with Crippen LogP contribution < -0.4 is 11.1 Å². The van der Waals surface area contributed by atoms with Crippen molar-refractivity contribution < 1.29 is 9.50 Å². The number of aromatic hydroxyl groups is 1. The molecule has 1 atom stereocenters. The minimum atomic E-state index is -0.797. The molecule has 4 aromatic heterocycles. The first-order chi connectivity index (χ1) is 22.2. The topological polar surface area (TPSA) is 122 Å². The van der Waals surface area contributed by atoms with Gasteiger partial charge in [-0.15, -0.1) is 22.7 Å². The summed E-state index contributed by atoms with van der Waals surface area (Å²) in [5.74, 6) is -1.10. The Balaban J connectivity index is 1.36. The zero-order valence-electron chi connectivity index (χ0n) is 24.3. The average Bonchev–Trinajstić information content (AvgIpc) is 3.82. The maximum Gasteiger partial charge on any atom is 0.277 e. The number of aromatic amines is 2. The highest BCUT2D eigenvalue weighted by atomic mass is 35.5. The number of thiazole rings is 2. The Morgan fingerprint density at radius 3 is 2.04 bits per heavy atom. The zero-order valence-corrected chi connectivity index (χ0v) is 26.7. The molecule has 4 heterocycles. The Hall–Kier alpha value is -5.04. The van der Waals surface area contributed by atoms with Crippen molar-refractivity contribution in [3.8, 4) is 38.5 Å². The van der Waals surface area contributed by atoms with Crippen molar-refractivity contribution in [2.45, 2.75) is 19.8 Å². The van der Waals surface area contributed by atoms with Gasteiger partial charge in [0.15, 0.2) is 0 Å². The van der Waals surface area contributed by atoms with E-state index in [0.717, 1.165) is 0 Å². The molecule has 46 heavy (non-hydrogen) atoms. The van der Waals surface area contributed by atoms with Crippen LogP contribution in [0.25, 0.3) is 32.8 Å². The van der Waals surface area contributed by atoms with Crippen LogP contribution in [0.2, 0.25) is 5.02 Å². The maximum atomic E-state index is 14.2. The highest BCUT2D eigenvalue weighted by Crippen LogP contribution is 2.35. The van der Waals surface area contributed by atoms with Crippen LogP contribution in [0.1, 0.15) is 34.0 Å². The number of para-hydroxylation sites is 1. The number of halogens is 2. The highest BCUT2D eigenvalue weighted by molar-refractivity contribution is 7.12. The normalized spacial score (nSPS) is 12.1. The zero-order chi connectivity index (χ0) is 32.1. The lowest BCUT2D eigenvalue weighted by molar-refractivity contribution is 0.477. The Labute approximate surface area is 273 Å². The Morgan fingerprint density at radius 1 is 0.804 bits per heavy atom. The second-order valence-corrected chi connectivity index (χ2v) is 12.7. The van der Waals surface area contributed by atoms with Crippen molar-refractivity contribution in [2.24, 2.45) is 0 Å². The third-order valence-electron chi connectivity index (χ3n) is 7.66. The van der Waals surface area contributed by atoms with Crippen molar-refractivity contribution in [3.63, 3.8) is 0 Å². The molecule has 13 heteroatoms. The number of rotatable bonds is 7. The van der Waals surface area contributed by atoms with Gasteiger partial charge in [0.1, 0.15) is 11.6 Å². The number of aryl methyl sites for hydroxylation is 2. The first kappa shape index (κ1) is 29.7. The second kappa shape index (κ2) is 11.7. The Kier molecular flexibility index (Phi) is 7.55. The largest absolute Gasteiger partial charge is 0.507 e. The van der Waals surface area contributed by atoms with E-state index < -0.39 is 5.92 Å². The van der Waals surface area contributed by atoms with Crippen molar-refractivity contribution in [2.75, 3.05) is 0 Å². The van der Waals surface area contributed by atoms with Crippen LogP contribution >= 0.6 is 34.3 Å². The van der Waals surface area contributed by atoms with Crippen LogP contribution in [-0.2, 0) is 0 Å². The summed E-state index contributed by atoms with van der Waals surface area (Å²) < 4.78 is 16.6. The number of hydrogen-bond donors (Lipinski definition) is 3. The van der Waals surface area contributed by atoms with E-state index in [-0.39, 0.29) is 22.7 Å². The van der Waals surface area contributed by atoms with Crippen LogP contribution in [0.15, 0.2) is 93.1 Å². The van der Waals surface area contributed by atoms with Crippen molar-refractivity contribution in [3.05, 3.63) is 143 Å². The minimum Gasteiger partial charge on any atom is -0.507 e. The molecule has 1 unspecified atom stereocenters. The molecule has 0 fully saturated rings. The van der Waals surface area contributed by atoms with E-state index in [1.165, 1.54) is 44.2 Å². The first-order valence-electron chi connectivity index (χ1n) is 14.0. The summed E-state index contributed by atoms with van der Waals surface area (Å²) in [6, 6.07) is 20.0. The number of phenolic OH excluding ortho intramolecular Hbond substituents is 1. The fourth-order valence-electron chi connectivity index (χ4n) is 5.56. The number of hydrogen-bond acceptors (Lipinski definition) is 7. The van der Waals surface area contributed by atoms with Crippen molar-refractivity contribution in [1.29, 1.82) is 0 Å². The van der Waals surface area contributed by atoms with Gasteiger partial charge >= 0.3 is 0 Å². The van der Waals surface area contributed by atoms with Gasteiger partial charge < -0.3 is 5.11 Å². The predicted molar refractivity (Wildman–Crippen MR) is 178 cm³/mol. The summed E-state index contributed by atoms with van der Waals surface area (Å²) in [7, 11) is 0. The van der Waals surface area contributed by atoms with Gasteiger partial charge in [0.25, 0.3) is 11.1 Å². The van der Waals surface area contributed by atoms with Gasteiger partial charge in [0.2, 0.25) is 10.3 Å². The van der Waals surface area contributed by atoms with Crippen LogP contribution in [-0.4, -0.2) is 34.6 Å². The predicted octanol–water partition coefficient (Wildman–Crippen LogP) is 7.19. The molecule has 0 aliphatic rings. The molecule has 7 rings (SSSR count). The number of nitrogens with zero attached hydrogens (tertiary/aromatic N) is 4. The standard InChI is InChI=1S/C33H24ClFN6O3S2/c1-17-27(30(43)40(38-17)32-36-24(15-45-32)19-7-6-10-22(35)14-19)29(20-8-5-9-21(34)13-20)28-18(2)39-41(31(28)44)33-37-25(16-46-33)23-11-3-4-12-26(23)42/h3-16,29,38-39,42H,1-2H3. The molecule has 0 saturated heterocycles. The van der Waals surface area contributed by atoms with Crippen molar-refractivity contribution in [1.82, 2.24) is 29.5 Å². The molecule has 0 amide bonds. The maximum absolute atomic E-state index is 14.2. The Morgan fingerprint density at radius 2 is 1.41 bits per heavy atom. The molecule has 7 aromatic rings. The summed E-state index contributed by atoms with van der Waals surface area (Å²) in [5.41, 5.74) is 3.87. The molecular formula is C33H24ClFN6O3S2. The number of nitrogens with one attached hydrogen (secondary N) is 2. The fourth-order valence-corrected chi connectivity index (χ4v) is 7.33. The van der Waals surface area contributed by atoms with Crippen molar-refractivity contribution >= 4 is 34.3 Å². The Bertz CT molecular complexity index is 2360. The van der Waals surface area contributed by atoms with Gasteiger partial charge in [0, 0.05) is 44.2 Å². The minimum absolute atomic E-state index is 0.0820. The highest BCUT2D eigenvalue weighted by Gasteiger charge is 2.32. The molecule has 0 spiro atoms. The van der Waals surface area contributed by atoms with Gasteiger partial charge in [-0.1, -0.05) is 48.0 Å². The van der Waals surface area contributed by atoms with Gasteiger partial charge in [-0.05, 0) is 55.8 Å². The van der Waals surface area contributed by atoms with Crippen LogP contribution in [0.4, 0.5) is 4.39 Å². The number of phenols is 1. The summed E-state index contributed by atoms with van der Waals surface area (Å²) >= 11 is 8.90. The summed E-state index contributed by atoms with van der Waals surface area (Å²) in [4.78, 5) is 37.7. The monoisotopic (exact) mass is 670 g/mol. The molecule has 0 aliphatic heterocycles. The van der Waals surface area contributed by atoms with E-state index in [4.69, 9.17) is 11.6 Å². The lowest BCUT2D eigenvalue weighted by Gasteiger charge is -2.16. The summed E-state index contributed by atoms with van der Waals surface area (Å²) in [6.45, 7) is 3.54. The van der Waals surface area contributed by atoms with Crippen LogP contribution in [0.3, 0.4) is 0 Å². The molecule has 0 aliphatic carbocycles. The van der Waals surface area contributed by atoms with E-state index in [0.29, 0.717) is 65.9 Å². The van der Waals surface area contributed by atoms with Gasteiger partial charge in [-0.2, -0.15) is 9.36 Å². The summed E-state index contributed by atoms with van der Waals surface area (Å²) in [5, 5.41) is 21.3. The van der Waals surface area contributed by atoms with Gasteiger partial charge in [-0.3, -0.25) is 19.8 Å². The quantitative estimate of drug-likeness (QED) is 0.166. The second-order valence-electron chi connectivity index (χ2n) is 10.6. The van der Waals surface area contributed by atoms with Gasteiger partial charge in [0.05, 0.1) is 22.5 Å². The number of benzene rings is 3. The summed E-state index contributed by atoms with van der Waals surface area (Å²) in [6.07, 6.45) is 0. The molecule has 0 saturated carbocycles. The van der Waals surface area contributed by atoms with E-state index in [1.807, 2.05) is 6.07 Å².